The van der Waals surface area contributed by atoms with Gasteiger partial charge in [-0.05, 0) is 20.3 Å². The summed E-state index contributed by atoms with van der Waals surface area (Å²) in [4.78, 5) is 24.1. The number of carboxylic acids is 1. The average Bonchev–Trinajstić information content (AvgIpc) is 2.27. The molecule has 0 heterocycles. The summed E-state index contributed by atoms with van der Waals surface area (Å²) in [6.45, 7) is 5.54. The van der Waals surface area contributed by atoms with E-state index in [0.29, 0.717) is 0 Å². The number of nitrogens with zero attached hydrogens (tertiary/aromatic N) is 1. The van der Waals surface area contributed by atoms with Gasteiger partial charge >= 0.3 is 5.97 Å². The first-order chi connectivity index (χ1) is 8.42. The molecule has 2 unspecified atom stereocenters. The van der Waals surface area contributed by atoms with Gasteiger partial charge in [-0.1, -0.05) is 19.3 Å². The minimum absolute atomic E-state index is 0.0856. The molecule has 2 atom stereocenters. The lowest BCUT2D eigenvalue weighted by Gasteiger charge is -2.26. The highest BCUT2D eigenvalue weighted by Crippen LogP contribution is 2.01. The van der Waals surface area contributed by atoms with Crippen molar-refractivity contribution in [3.05, 3.63) is 0 Å². The van der Waals surface area contributed by atoms with Crippen molar-refractivity contribution in [2.45, 2.75) is 45.7 Å². The summed E-state index contributed by atoms with van der Waals surface area (Å²) in [6, 6.07) is -0.459. The maximum atomic E-state index is 11.9. The van der Waals surface area contributed by atoms with Crippen molar-refractivity contribution in [2.24, 2.45) is 0 Å². The van der Waals surface area contributed by atoms with Crippen LogP contribution < -0.4 is 5.32 Å². The molecule has 0 saturated carbocycles. The molecule has 0 spiro atoms. The van der Waals surface area contributed by atoms with Crippen LogP contribution in [0.3, 0.4) is 0 Å². The molecule has 0 aromatic rings. The van der Waals surface area contributed by atoms with Crippen LogP contribution in [0.2, 0.25) is 0 Å². The fourth-order valence-corrected chi connectivity index (χ4v) is 1.66. The van der Waals surface area contributed by atoms with Crippen molar-refractivity contribution in [2.75, 3.05) is 13.1 Å². The molecule has 0 bridgehead atoms. The normalized spacial score (nSPS) is 13.7. The first kappa shape index (κ1) is 16.5. The highest BCUT2D eigenvalue weighted by atomic mass is 16.4. The monoisotopic (exact) mass is 254 g/mol. The van der Waals surface area contributed by atoms with E-state index in [0.717, 1.165) is 12.8 Å². The van der Waals surface area contributed by atoms with Crippen molar-refractivity contribution >= 4 is 11.9 Å². The van der Waals surface area contributed by atoms with Crippen LogP contribution >= 0.6 is 0 Å². The average molecular weight is 254 g/mol. The Labute approximate surface area is 109 Å². The van der Waals surface area contributed by atoms with E-state index in [9.17, 15) is 9.59 Å². The van der Waals surface area contributed by atoms with E-state index < -0.39 is 12.0 Å². The lowest BCUT2D eigenvalue weighted by atomic mass is 10.1. The maximum Gasteiger partial charge on any atom is 0.317 e. The largest absolute Gasteiger partial charge is 0.480 e. The molecule has 5 heteroatoms. The second-order valence-electron chi connectivity index (χ2n) is 4.38. The second-order valence-corrected chi connectivity index (χ2v) is 4.38. The van der Waals surface area contributed by atoms with Crippen LogP contribution in [0.1, 0.15) is 33.6 Å². The molecule has 0 aromatic heterocycles. The Hall–Kier alpha value is -1.54. The molecule has 0 aliphatic rings. The van der Waals surface area contributed by atoms with Crippen molar-refractivity contribution in [1.29, 1.82) is 0 Å². The number of carboxylic acid groups (broad SMARTS) is 1. The molecule has 2 N–H and O–H groups in total. The predicted octanol–water partition coefficient (Wildman–Crippen LogP) is 0.700. The molecule has 0 fully saturated rings. The first-order valence-corrected chi connectivity index (χ1v) is 6.12. The van der Waals surface area contributed by atoms with E-state index in [2.05, 4.69) is 11.2 Å². The zero-order valence-electron chi connectivity index (χ0n) is 11.3. The third-order valence-corrected chi connectivity index (χ3v) is 2.67. The fraction of sp³-hybridized carbons (Fsp3) is 0.692. The molecule has 0 radical (unpaired) electrons. The molecular formula is C13H22N2O3. The van der Waals surface area contributed by atoms with Crippen LogP contribution in [0.15, 0.2) is 0 Å². The van der Waals surface area contributed by atoms with Gasteiger partial charge in [0.15, 0.2) is 0 Å². The minimum Gasteiger partial charge on any atom is -0.480 e. The molecule has 0 rings (SSSR count). The number of terminal acetylenes is 1. The van der Waals surface area contributed by atoms with Gasteiger partial charge in [0.2, 0.25) is 5.91 Å². The summed E-state index contributed by atoms with van der Waals surface area (Å²) < 4.78 is 0. The number of carbonyl (C=O) groups excluding carboxylic acids is 1. The van der Waals surface area contributed by atoms with Crippen molar-refractivity contribution in [3.8, 4) is 12.3 Å². The standard InChI is InChI=1S/C13H22N2O3/c1-5-7-10(3)14-13(18)11(4)15(8-6-2)9-12(16)17/h2,10-11H,5,7-9H2,1,3-4H3,(H,14,18)(H,16,17). The molecule has 0 aliphatic heterocycles. The zero-order valence-corrected chi connectivity index (χ0v) is 11.3. The number of hydrogen-bond acceptors (Lipinski definition) is 3. The Bertz CT molecular complexity index is 323. The van der Waals surface area contributed by atoms with Gasteiger partial charge in [0.05, 0.1) is 19.1 Å². The summed E-state index contributed by atoms with van der Waals surface area (Å²) in [5.74, 6) is 1.19. The SMILES string of the molecule is C#CCN(CC(=O)O)C(C)C(=O)NC(C)CCC. The van der Waals surface area contributed by atoms with Crippen LogP contribution in [0.4, 0.5) is 0 Å². The first-order valence-electron chi connectivity index (χ1n) is 6.12. The Morgan fingerprint density at radius 2 is 2.06 bits per heavy atom. The van der Waals surface area contributed by atoms with Crippen LogP contribution in [0.25, 0.3) is 0 Å². The molecule has 5 nitrogen and oxygen atoms in total. The van der Waals surface area contributed by atoms with Crippen molar-refractivity contribution < 1.29 is 14.7 Å². The van der Waals surface area contributed by atoms with E-state index in [1.165, 1.54) is 4.90 Å². The highest BCUT2D eigenvalue weighted by molar-refractivity contribution is 5.82. The van der Waals surface area contributed by atoms with Gasteiger partial charge < -0.3 is 10.4 Å². The fourth-order valence-electron chi connectivity index (χ4n) is 1.66. The van der Waals surface area contributed by atoms with Crippen molar-refractivity contribution in [3.63, 3.8) is 0 Å². The summed E-state index contributed by atoms with van der Waals surface area (Å²) in [7, 11) is 0. The van der Waals surface area contributed by atoms with E-state index in [4.69, 9.17) is 11.5 Å². The molecule has 0 saturated heterocycles. The van der Waals surface area contributed by atoms with Crippen LogP contribution in [0, 0.1) is 12.3 Å². The lowest BCUT2D eigenvalue weighted by molar-refractivity contribution is -0.139. The third kappa shape index (κ3) is 6.26. The number of amides is 1. The lowest BCUT2D eigenvalue weighted by Crippen LogP contribution is -2.49. The molecule has 102 valence electrons. The second kappa shape index (κ2) is 8.54. The van der Waals surface area contributed by atoms with Gasteiger partial charge in [0, 0.05) is 6.04 Å². The maximum absolute atomic E-state index is 11.9. The van der Waals surface area contributed by atoms with Gasteiger partial charge in [-0.25, -0.2) is 0 Å². The van der Waals surface area contributed by atoms with Crippen LogP contribution in [0.5, 0.6) is 0 Å². The number of rotatable bonds is 8. The van der Waals surface area contributed by atoms with E-state index >= 15 is 0 Å². The van der Waals surface area contributed by atoms with Gasteiger partial charge in [-0.2, -0.15) is 0 Å². The quantitative estimate of drug-likeness (QED) is 0.626. The Balaban J connectivity index is 4.46. The van der Waals surface area contributed by atoms with Gasteiger partial charge in [0.25, 0.3) is 0 Å². The Morgan fingerprint density at radius 1 is 1.44 bits per heavy atom. The van der Waals surface area contributed by atoms with E-state index in [1.807, 2.05) is 13.8 Å². The topological polar surface area (TPSA) is 69.6 Å². The molecular weight excluding hydrogens is 232 g/mol. The third-order valence-electron chi connectivity index (χ3n) is 2.67. The van der Waals surface area contributed by atoms with E-state index in [-0.39, 0.29) is 25.0 Å². The van der Waals surface area contributed by atoms with Gasteiger partial charge in [-0.3, -0.25) is 14.5 Å². The number of nitrogens with one attached hydrogen (secondary N) is 1. The number of hydrogen-bond donors (Lipinski definition) is 2. The molecule has 0 aromatic carbocycles. The summed E-state index contributed by atoms with van der Waals surface area (Å²) in [5.41, 5.74) is 0. The Kier molecular flexibility index (Phi) is 7.81. The molecule has 1 amide bonds. The molecule has 0 aliphatic carbocycles. The van der Waals surface area contributed by atoms with Crippen LogP contribution in [-0.4, -0.2) is 47.1 Å². The van der Waals surface area contributed by atoms with Crippen molar-refractivity contribution in [1.82, 2.24) is 10.2 Å². The number of carbonyl (C=O) groups is 2. The zero-order chi connectivity index (χ0) is 14.1. The van der Waals surface area contributed by atoms with Gasteiger partial charge in [0.1, 0.15) is 0 Å². The summed E-state index contributed by atoms with van der Waals surface area (Å²) >= 11 is 0. The highest BCUT2D eigenvalue weighted by Gasteiger charge is 2.23. The Morgan fingerprint density at radius 3 is 2.50 bits per heavy atom. The summed E-state index contributed by atoms with van der Waals surface area (Å²) in [5, 5.41) is 11.6. The molecule has 18 heavy (non-hydrogen) atoms. The number of aliphatic carboxylic acids is 1. The van der Waals surface area contributed by atoms with E-state index in [1.54, 1.807) is 6.92 Å². The smallest absolute Gasteiger partial charge is 0.317 e. The van der Waals surface area contributed by atoms with Crippen LogP contribution in [-0.2, 0) is 9.59 Å². The van der Waals surface area contributed by atoms with Gasteiger partial charge in [-0.15, -0.1) is 6.42 Å². The summed E-state index contributed by atoms with van der Waals surface area (Å²) in [6.07, 6.45) is 7.06. The predicted molar refractivity (Wildman–Crippen MR) is 70.0 cm³/mol. The minimum atomic E-state index is -0.994.